The van der Waals surface area contributed by atoms with Crippen LogP contribution in [0.1, 0.15) is 16.7 Å². The van der Waals surface area contributed by atoms with E-state index in [1.807, 2.05) is 43.1 Å². The Kier molecular flexibility index (Phi) is 6.53. The van der Waals surface area contributed by atoms with Crippen LogP contribution in [-0.2, 0) is 17.9 Å². The van der Waals surface area contributed by atoms with Crippen molar-refractivity contribution >= 4 is 5.91 Å². The van der Waals surface area contributed by atoms with Gasteiger partial charge < -0.3 is 9.64 Å². The van der Waals surface area contributed by atoms with Crippen LogP contribution in [-0.4, -0.2) is 43.5 Å². The van der Waals surface area contributed by atoms with E-state index in [2.05, 4.69) is 0 Å². The van der Waals surface area contributed by atoms with Crippen LogP contribution in [0.5, 0.6) is 5.75 Å². The van der Waals surface area contributed by atoms with E-state index in [1.54, 1.807) is 24.1 Å². The number of hydrogen-bond acceptors (Lipinski definition) is 3. The Balaban J connectivity index is 1.91. The Hall–Kier alpha value is -2.40. The molecule has 0 aliphatic carbocycles. The molecule has 0 radical (unpaired) electrons. The van der Waals surface area contributed by atoms with E-state index in [1.165, 1.54) is 18.7 Å². The Morgan fingerprint density at radius 3 is 2.48 bits per heavy atom. The average Bonchev–Trinajstić information content (AvgIpc) is 2.57. The van der Waals surface area contributed by atoms with Crippen molar-refractivity contribution in [1.29, 1.82) is 0 Å². The Bertz CT molecular complexity index is 733. The molecule has 0 bridgehead atoms. The van der Waals surface area contributed by atoms with E-state index in [4.69, 9.17) is 4.74 Å². The number of ether oxygens (including phenoxy) is 1. The van der Waals surface area contributed by atoms with Gasteiger partial charge in [-0.2, -0.15) is 0 Å². The first kappa shape index (κ1) is 18.9. The minimum Gasteiger partial charge on any atom is -0.494 e. The van der Waals surface area contributed by atoms with Crippen LogP contribution < -0.4 is 4.74 Å². The first-order chi connectivity index (χ1) is 11.9. The molecule has 0 heterocycles. The third kappa shape index (κ3) is 5.29. The van der Waals surface area contributed by atoms with E-state index in [0.717, 1.165) is 11.1 Å². The van der Waals surface area contributed by atoms with Gasteiger partial charge >= 0.3 is 0 Å². The zero-order valence-corrected chi connectivity index (χ0v) is 15.3. The molecule has 0 N–H and O–H groups in total. The van der Waals surface area contributed by atoms with Gasteiger partial charge in [-0.15, -0.1) is 0 Å². The lowest BCUT2D eigenvalue weighted by Crippen LogP contribution is -2.36. The maximum atomic E-state index is 13.8. The third-order valence-electron chi connectivity index (χ3n) is 4.17. The maximum Gasteiger partial charge on any atom is 0.236 e. The molecule has 0 fully saturated rings. The van der Waals surface area contributed by atoms with Crippen LogP contribution >= 0.6 is 0 Å². The van der Waals surface area contributed by atoms with Crippen LogP contribution in [0.2, 0.25) is 0 Å². The van der Waals surface area contributed by atoms with E-state index < -0.39 is 5.82 Å². The smallest absolute Gasteiger partial charge is 0.236 e. The number of rotatable bonds is 7. The number of hydrogen-bond donors (Lipinski definition) is 0. The molecule has 1 amide bonds. The maximum absolute atomic E-state index is 13.8. The predicted molar refractivity (Wildman–Crippen MR) is 96.9 cm³/mol. The Morgan fingerprint density at radius 2 is 1.84 bits per heavy atom. The van der Waals surface area contributed by atoms with Crippen molar-refractivity contribution in [1.82, 2.24) is 9.80 Å². The van der Waals surface area contributed by atoms with Crippen molar-refractivity contribution in [2.75, 3.05) is 27.7 Å². The van der Waals surface area contributed by atoms with Crippen molar-refractivity contribution in [3.8, 4) is 5.75 Å². The number of halogens is 1. The van der Waals surface area contributed by atoms with Crippen LogP contribution in [0.4, 0.5) is 4.39 Å². The number of methoxy groups -OCH3 is 1. The number of carbonyl (C=O) groups is 1. The second-order valence-corrected chi connectivity index (χ2v) is 6.32. The van der Waals surface area contributed by atoms with Gasteiger partial charge in [0.05, 0.1) is 13.7 Å². The molecule has 0 unspecified atom stereocenters. The van der Waals surface area contributed by atoms with Crippen molar-refractivity contribution < 1.29 is 13.9 Å². The van der Waals surface area contributed by atoms with Gasteiger partial charge in [-0.25, -0.2) is 4.39 Å². The van der Waals surface area contributed by atoms with E-state index in [0.29, 0.717) is 13.1 Å². The van der Waals surface area contributed by atoms with Crippen LogP contribution in [0.3, 0.4) is 0 Å². The standard InChI is InChI=1S/C20H25FN2O2/c1-15-7-5-6-8-17(15)13-23(3)20(24)14-22(2)12-16-9-10-19(25-4)18(21)11-16/h5-11H,12-14H2,1-4H3. The summed E-state index contributed by atoms with van der Waals surface area (Å²) in [6.07, 6.45) is 0. The van der Waals surface area contributed by atoms with Gasteiger partial charge in [0.15, 0.2) is 11.6 Å². The molecule has 2 aromatic carbocycles. The summed E-state index contributed by atoms with van der Waals surface area (Å²) in [4.78, 5) is 16.0. The van der Waals surface area contributed by atoms with Crippen LogP contribution in [0.25, 0.3) is 0 Å². The van der Waals surface area contributed by atoms with Gasteiger partial charge in [-0.05, 0) is 42.8 Å². The summed E-state index contributed by atoms with van der Waals surface area (Å²) in [5, 5.41) is 0. The topological polar surface area (TPSA) is 32.8 Å². The zero-order chi connectivity index (χ0) is 18.4. The van der Waals surface area contributed by atoms with Crippen molar-refractivity contribution in [3.63, 3.8) is 0 Å². The number of nitrogens with zero attached hydrogens (tertiary/aromatic N) is 2. The number of carbonyl (C=O) groups excluding carboxylic acids is 1. The molecule has 0 aliphatic rings. The highest BCUT2D eigenvalue weighted by Crippen LogP contribution is 2.18. The molecule has 2 rings (SSSR count). The normalized spacial score (nSPS) is 10.8. The van der Waals surface area contributed by atoms with Crippen molar-refractivity contribution in [2.24, 2.45) is 0 Å². The Labute approximate surface area is 148 Å². The monoisotopic (exact) mass is 344 g/mol. The molecule has 0 aromatic heterocycles. The molecule has 4 nitrogen and oxygen atoms in total. The SMILES string of the molecule is COc1ccc(CN(C)CC(=O)N(C)Cc2ccccc2C)cc1F. The molecule has 0 atom stereocenters. The summed E-state index contributed by atoms with van der Waals surface area (Å²) in [5.41, 5.74) is 3.11. The molecule has 5 heteroatoms. The number of aryl methyl sites for hydroxylation is 1. The van der Waals surface area contributed by atoms with E-state index >= 15 is 0 Å². The number of benzene rings is 2. The molecular weight excluding hydrogens is 319 g/mol. The van der Waals surface area contributed by atoms with E-state index in [-0.39, 0.29) is 18.2 Å². The summed E-state index contributed by atoms with van der Waals surface area (Å²) in [6.45, 7) is 3.38. The molecule has 134 valence electrons. The van der Waals surface area contributed by atoms with Crippen LogP contribution in [0.15, 0.2) is 42.5 Å². The quantitative estimate of drug-likeness (QED) is 0.773. The highest BCUT2D eigenvalue weighted by Gasteiger charge is 2.14. The molecule has 25 heavy (non-hydrogen) atoms. The predicted octanol–water partition coefficient (Wildman–Crippen LogP) is 3.23. The molecule has 0 saturated carbocycles. The van der Waals surface area contributed by atoms with Gasteiger partial charge in [0.25, 0.3) is 0 Å². The summed E-state index contributed by atoms with van der Waals surface area (Å²) >= 11 is 0. The second kappa shape index (κ2) is 8.62. The summed E-state index contributed by atoms with van der Waals surface area (Å²) in [7, 11) is 5.09. The minimum absolute atomic E-state index is 0.0275. The molecular formula is C20H25FN2O2. The van der Waals surface area contributed by atoms with Gasteiger partial charge in [0.1, 0.15) is 0 Å². The fourth-order valence-electron chi connectivity index (χ4n) is 2.66. The first-order valence-electron chi connectivity index (χ1n) is 8.20. The third-order valence-corrected chi connectivity index (χ3v) is 4.17. The minimum atomic E-state index is -0.392. The van der Waals surface area contributed by atoms with Gasteiger partial charge in [0, 0.05) is 20.1 Å². The lowest BCUT2D eigenvalue weighted by molar-refractivity contribution is -0.131. The largest absolute Gasteiger partial charge is 0.494 e. The van der Waals surface area contributed by atoms with Gasteiger partial charge in [0.2, 0.25) is 5.91 Å². The molecule has 0 aliphatic heterocycles. The fraction of sp³-hybridized carbons (Fsp3) is 0.350. The zero-order valence-electron chi connectivity index (χ0n) is 15.3. The highest BCUT2D eigenvalue weighted by molar-refractivity contribution is 5.78. The Morgan fingerprint density at radius 1 is 1.12 bits per heavy atom. The van der Waals surface area contributed by atoms with Crippen LogP contribution in [0, 0.1) is 12.7 Å². The lowest BCUT2D eigenvalue weighted by Gasteiger charge is -2.22. The van der Waals surface area contributed by atoms with Gasteiger partial charge in [-0.1, -0.05) is 30.3 Å². The second-order valence-electron chi connectivity index (χ2n) is 6.32. The number of amides is 1. The first-order valence-corrected chi connectivity index (χ1v) is 8.20. The number of likely N-dealkylation sites (N-methyl/N-ethyl adjacent to an activating group) is 2. The molecule has 0 spiro atoms. The van der Waals surface area contributed by atoms with Crippen molar-refractivity contribution in [3.05, 3.63) is 65.0 Å². The lowest BCUT2D eigenvalue weighted by atomic mass is 10.1. The van der Waals surface area contributed by atoms with E-state index in [9.17, 15) is 9.18 Å². The summed E-state index contributed by atoms with van der Waals surface area (Å²) in [5.74, 6) is -0.142. The van der Waals surface area contributed by atoms with Gasteiger partial charge in [-0.3, -0.25) is 9.69 Å². The highest BCUT2D eigenvalue weighted by atomic mass is 19.1. The molecule has 0 saturated heterocycles. The van der Waals surface area contributed by atoms with Crippen molar-refractivity contribution in [2.45, 2.75) is 20.0 Å². The summed E-state index contributed by atoms with van der Waals surface area (Å²) < 4.78 is 18.7. The average molecular weight is 344 g/mol. The molecule has 2 aromatic rings. The summed E-state index contributed by atoms with van der Waals surface area (Å²) in [6, 6.07) is 12.9. The fourth-order valence-corrected chi connectivity index (χ4v) is 2.66.